The summed E-state index contributed by atoms with van der Waals surface area (Å²) in [6, 6.07) is 1.88. The minimum atomic E-state index is 0.475. The number of hydrogen-bond acceptors (Lipinski definition) is 2. The first kappa shape index (κ1) is 8.38. The van der Waals surface area contributed by atoms with E-state index in [2.05, 4.69) is 9.97 Å². The minimum absolute atomic E-state index is 0.475. The normalized spacial score (nSPS) is 10.6. The first-order valence-electron chi connectivity index (χ1n) is 4.07. The van der Waals surface area contributed by atoms with Crippen LogP contribution in [0.3, 0.4) is 0 Å². The van der Waals surface area contributed by atoms with Gasteiger partial charge < -0.3 is 9.72 Å². The molecule has 0 aliphatic carbocycles. The highest BCUT2D eigenvalue weighted by Gasteiger charge is 2.06. The number of halogens is 1. The molecule has 2 aromatic rings. The van der Waals surface area contributed by atoms with Crippen LogP contribution in [-0.2, 0) is 0 Å². The van der Waals surface area contributed by atoms with Gasteiger partial charge >= 0.3 is 0 Å². The average Bonchev–Trinajstić information content (AvgIpc) is 2.51. The van der Waals surface area contributed by atoms with Gasteiger partial charge in [0.1, 0.15) is 5.75 Å². The van der Waals surface area contributed by atoms with Crippen molar-refractivity contribution in [3.63, 3.8) is 0 Å². The zero-order valence-electron chi connectivity index (χ0n) is 7.17. The van der Waals surface area contributed by atoms with Crippen LogP contribution in [0, 0.1) is 0 Å². The summed E-state index contributed by atoms with van der Waals surface area (Å²) >= 11 is 5.87. The van der Waals surface area contributed by atoms with E-state index < -0.39 is 0 Å². The van der Waals surface area contributed by atoms with Gasteiger partial charge in [-0.1, -0.05) is 11.6 Å². The van der Waals surface area contributed by atoms with Gasteiger partial charge in [0, 0.05) is 17.8 Å². The number of aromatic nitrogens is 2. The summed E-state index contributed by atoms with van der Waals surface area (Å²) in [4.78, 5) is 6.98. The number of rotatable bonds is 2. The van der Waals surface area contributed by atoms with Crippen LogP contribution in [0.2, 0.25) is 5.15 Å². The van der Waals surface area contributed by atoms with Crippen molar-refractivity contribution in [2.75, 3.05) is 6.61 Å². The Kier molecular flexibility index (Phi) is 2.10. The third-order valence-electron chi connectivity index (χ3n) is 1.82. The standard InChI is InChI=1S/C9H9ClN2O/c1-2-13-7-5-12-8-6(7)3-4-11-9(8)10/h3-5,12H,2H2,1H3. The average molecular weight is 197 g/mol. The van der Waals surface area contributed by atoms with E-state index >= 15 is 0 Å². The third-order valence-corrected chi connectivity index (χ3v) is 2.10. The van der Waals surface area contributed by atoms with Crippen molar-refractivity contribution in [3.05, 3.63) is 23.6 Å². The van der Waals surface area contributed by atoms with E-state index in [4.69, 9.17) is 16.3 Å². The van der Waals surface area contributed by atoms with Gasteiger partial charge in [-0.05, 0) is 13.0 Å². The quantitative estimate of drug-likeness (QED) is 0.750. The van der Waals surface area contributed by atoms with Crippen LogP contribution in [0.25, 0.3) is 10.9 Å². The summed E-state index contributed by atoms with van der Waals surface area (Å²) in [5, 5.41) is 1.45. The maximum atomic E-state index is 5.87. The molecule has 2 aromatic heterocycles. The van der Waals surface area contributed by atoms with E-state index in [9.17, 15) is 0 Å². The van der Waals surface area contributed by atoms with Gasteiger partial charge in [0.15, 0.2) is 5.15 Å². The van der Waals surface area contributed by atoms with Gasteiger partial charge in [0.25, 0.3) is 0 Å². The van der Waals surface area contributed by atoms with Crippen LogP contribution in [0.15, 0.2) is 18.5 Å². The molecule has 0 saturated heterocycles. The first-order valence-corrected chi connectivity index (χ1v) is 4.45. The monoisotopic (exact) mass is 196 g/mol. The van der Waals surface area contributed by atoms with Gasteiger partial charge in [0.05, 0.1) is 12.1 Å². The lowest BCUT2D eigenvalue weighted by Gasteiger charge is -1.99. The van der Waals surface area contributed by atoms with Crippen molar-refractivity contribution in [1.82, 2.24) is 9.97 Å². The molecule has 3 nitrogen and oxygen atoms in total. The molecule has 4 heteroatoms. The molecule has 13 heavy (non-hydrogen) atoms. The molecule has 0 radical (unpaired) electrons. The molecule has 1 N–H and O–H groups in total. The van der Waals surface area contributed by atoms with E-state index in [1.54, 1.807) is 12.4 Å². The summed E-state index contributed by atoms with van der Waals surface area (Å²) in [5.74, 6) is 0.821. The largest absolute Gasteiger partial charge is 0.492 e. The molecule has 0 unspecified atom stereocenters. The first-order chi connectivity index (χ1) is 6.33. The van der Waals surface area contributed by atoms with Gasteiger partial charge in [-0.3, -0.25) is 0 Å². The molecule has 0 aliphatic rings. The van der Waals surface area contributed by atoms with Crippen molar-refractivity contribution < 1.29 is 4.74 Å². The molecule has 0 spiro atoms. The fraction of sp³-hybridized carbons (Fsp3) is 0.222. The van der Waals surface area contributed by atoms with Crippen LogP contribution in [-0.4, -0.2) is 16.6 Å². The number of pyridine rings is 1. The van der Waals surface area contributed by atoms with E-state index in [-0.39, 0.29) is 0 Å². The highest BCUT2D eigenvalue weighted by Crippen LogP contribution is 2.28. The summed E-state index contributed by atoms with van der Waals surface area (Å²) < 4.78 is 5.40. The Morgan fingerprint density at radius 2 is 2.46 bits per heavy atom. The van der Waals surface area contributed by atoms with Crippen molar-refractivity contribution in [2.24, 2.45) is 0 Å². The van der Waals surface area contributed by atoms with E-state index in [0.29, 0.717) is 11.8 Å². The SMILES string of the molecule is CCOc1c[nH]c2c(Cl)nccc12. The van der Waals surface area contributed by atoms with Crippen molar-refractivity contribution >= 4 is 22.5 Å². The zero-order valence-corrected chi connectivity index (χ0v) is 7.93. The number of H-pyrrole nitrogens is 1. The summed E-state index contributed by atoms with van der Waals surface area (Å²) in [7, 11) is 0. The fourth-order valence-electron chi connectivity index (χ4n) is 1.27. The smallest absolute Gasteiger partial charge is 0.153 e. The Hall–Kier alpha value is -1.22. The number of nitrogens with one attached hydrogen (secondary N) is 1. The van der Waals surface area contributed by atoms with E-state index in [1.165, 1.54) is 0 Å². The Bertz CT molecular complexity index is 424. The maximum Gasteiger partial charge on any atom is 0.153 e. The lowest BCUT2D eigenvalue weighted by molar-refractivity contribution is 0.344. The Labute approximate surface area is 80.7 Å². The van der Waals surface area contributed by atoms with Crippen molar-refractivity contribution in [3.8, 4) is 5.75 Å². The van der Waals surface area contributed by atoms with Gasteiger partial charge in [0.2, 0.25) is 0 Å². The van der Waals surface area contributed by atoms with Crippen LogP contribution in [0.4, 0.5) is 0 Å². The van der Waals surface area contributed by atoms with Crippen molar-refractivity contribution in [2.45, 2.75) is 6.92 Å². The number of ether oxygens (including phenoxy) is 1. The molecule has 0 atom stereocenters. The van der Waals surface area contributed by atoms with Crippen molar-refractivity contribution in [1.29, 1.82) is 0 Å². The van der Waals surface area contributed by atoms with Gasteiger partial charge in [-0.15, -0.1) is 0 Å². The molecular formula is C9H9ClN2O. The summed E-state index contributed by atoms with van der Waals surface area (Å²) in [6.45, 7) is 2.59. The second kappa shape index (κ2) is 3.26. The lowest BCUT2D eigenvalue weighted by Crippen LogP contribution is -1.89. The number of nitrogens with zero attached hydrogens (tertiary/aromatic N) is 1. The molecule has 0 bridgehead atoms. The molecule has 0 fully saturated rings. The second-order valence-electron chi connectivity index (χ2n) is 2.61. The molecule has 2 heterocycles. The van der Waals surface area contributed by atoms with Crippen LogP contribution >= 0.6 is 11.6 Å². The van der Waals surface area contributed by atoms with Crippen LogP contribution in [0.5, 0.6) is 5.75 Å². The predicted molar refractivity (Wildman–Crippen MR) is 52.3 cm³/mol. The topological polar surface area (TPSA) is 37.9 Å². The lowest BCUT2D eigenvalue weighted by atomic mass is 10.3. The van der Waals surface area contributed by atoms with Gasteiger partial charge in [-0.2, -0.15) is 0 Å². The number of fused-ring (bicyclic) bond motifs is 1. The highest BCUT2D eigenvalue weighted by molar-refractivity contribution is 6.33. The van der Waals surface area contributed by atoms with Gasteiger partial charge in [-0.25, -0.2) is 4.98 Å². The second-order valence-corrected chi connectivity index (χ2v) is 2.97. The molecule has 0 aliphatic heterocycles. The Morgan fingerprint density at radius 3 is 3.23 bits per heavy atom. The number of aromatic amines is 1. The maximum absolute atomic E-state index is 5.87. The Balaban J connectivity index is 2.61. The molecule has 68 valence electrons. The zero-order chi connectivity index (χ0) is 9.26. The molecule has 0 amide bonds. The molecule has 0 saturated carbocycles. The summed E-state index contributed by atoms with van der Waals surface area (Å²) in [6.07, 6.45) is 3.46. The van der Waals surface area contributed by atoms with E-state index in [0.717, 1.165) is 16.7 Å². The molecular weight excluding hydrogens is 188 g/mol. The van der Waals surface area contributed by atoms with Crippen LogP contribution < -0.4 is 4.74 Å². The fourth-order valence-corrected chi connectivity index (χ4v) is 1.48. The van der Waals surface area contributed by atoms with E-state index in [1.807, 2.05) is 13.0 Å². The third kappa shape index (κ3) is 1.35. The predicted octanol–water partition coefficient (Wildman–Crippen LogP) is 2.62. The molecule has 0 aromatic carbocycles. The highest BCUT2D eigenvalue weighted by atomic mass is 35.5. The summed E-state index contributed by atoms with van der Waals surface area (Å²) in [5.41, 5.74) is 0.826. The van der Waals surface area contributed by atoms with Crippen LogP contribution in [0.1, 0.15) is 6.92 Å². The molecule has 2 rings (SSSR count). The minimum Gasteiger partial charge on any atom is -0.492 e. The number of hydrogen-bond donors (Lipinski definition) is 1. The Morgan fingerprint density at radius 1 is 1.62 bits per heavy atom.